The number of halogens is 1. The average Bonchev–Trinajstić information content (AvgIpc) is 2.90. The zero-order valence-electron chi connectivity index (χ0n) is 13.6. The SMILES string of the molecule is CCCCOC[C@H]1CCC(Cl)[C@@H]1CCc1cccc(CO)c1. The zero-order valence-corrected chi connectivity index (χ0v) is 14.4. The summed E-state index contributed by atoms with van der Waals surface area (Å²) in [5.41, 5.74) is 2.29. The van der Waals surface area contributed by atoms with Gasteiger partial charge in [0.25, 0.3) is 0 Å². The molecule has 0 amide bonds. The zero-order chi connectivity index (χ0) is 15.8. The molecule has 1 fully saturated rings. The second kappa shape index (κ2) is 9.54. The standard InChI is InChI=1S/C19H29ClO2/c1-2-3-11-22-14-17-8-10-19(20)18(17)9-7-15-5-4-6-16(12-15)13-21/h4-6,12,17-19,21H,2-3,7-11,13-14H2,1H3/t17-,18-,19?/m1/s1. The predicted molar refractivity (Wildman–Crippen MR) is 92.3 cm³/mol. The third kappa shape index (κ3) is 5.26. The van der Waals surface area contributed by atoms with Crippen molar-refractivity contribution in [2.45, 2.75) is 57.4 Å². The number of rotatable bonds is 9. The number of aliphatic hydroxyl groups is 1. The maximum Gasteiger partial charge on any atom is 0.0681 e. The molecule has 2 rings (SSSR count). The summed E-state index contributed by atoms with van der Waals surface area (Å²) >= 11 is 6.54. The van der Waals surface area contributed by atoms with E-state index in [4.69, 9.17) is 16.3 Å². The topological polar surface area (TPSA) is 29.5 Å². The summed E-state index contributed by atoms with van der Waals surface area (Å²) in [7, 11) is 0. The van der Waals surface area contributed by atoms with Crippen LogP contribution in [0.3, 0.4) is 0 Å². The molecule has 0 spiro atoms. The fourth-order valence-electron chi connectivity index (χ4n) is 3.42. The van der Waals surface area contributed by atoms with Gasteiger partial charge in [0.05, 0.1) is 6.61 Å². The van der Waals surface area contributed by atoms with E-state index in [0.717, 1.165) is 44.5 Å². The highest BCUT2D eigenvalue weighted by Gasteiger charge is 2.34. The molecule has 0 aromatic heterocycles. The molecule has 1 aromatic carbocycles. The highest BCUT2D eigenvalue weighted by Crippen LogP contribution is 2.38. The summed E-state index contributed by atoms with van der Waals surface area (Å²) in [6.45, 7) is 4.05. The van der Waals surface area contributed by atoms with Gasteiger partial charge in [-0.2, -0.15) is 0 Å². The number of hydrogen-bond donors (Lipinski definition) is 1. The van der Waals surface area contributed by atoms with E-state index in [1.165, 1.54) is 18.4 Å². The maximum atomic E-state index is 9.23. The quantitative estimate of drug-likeness (QED) is 0.533. The van der Waals surface area contributed by atoms with Crippen molar-refractivity contribution in [3.8, 4) is 0 Å². The van der Waals surface area contributed by atoms with Gasteiger partial charge in [-0.1, -0.05) is 37.6 Å². The molecule has 1 aliphatic carbocycles. The first-order chi connectivity index (χ1) is 10.7. The molecule has 3 atom stereocenters. The second-order valence-corrected chi connectivity index (χ2v) is 7.02. The van der Waals surface area contributed by atoms with Crippen molar-refractivity contribution in [3.63, 3.8) is 0 Å². The lowest BCUT2D eigenvalue weighted by Gasteiger charge is -2.22. The smallest absolute Gasteiger partial charge is 0.0681 e. The molecule has 1 aliphatic rings. The highest BCUT2D eigenvalue weighted by atomic mass is 35.5. The Morgan fingerprint density at radius 2 is 2.09 bits per heavy atom. The largest absolute Gasteiger partial charge is 0.392 e. The normalized spacial score (nSPS) is 24.8. The van der Waals surface area contributed by atoms with E-state index >= 15 is 0 Å². The minimum atomic E-state index is 0.114. The molecular weight excluding hydrogens is 296 g/mol. The van der Waals surface area contributed by atoms with E-state index in [2.05, 4.69) is 19.1 Å². The summed E-state index contributed by atoms with van der Waals surface area (Å²) in [6.07, 6.45) is 6.80. The minimum absolute atomic E-state index is 0.114. The number of aryl methyl sites for hydroxylation is 1. The van der Waals surface area contributed by atoms with E-state index < -0.39 is 0 Å². The van der Waals surface area contributed by atoms with E-state index in [-0.39, 0.29) is 6.61 Å². The van der Waals surface area contributed by atoms with Gasteiger partial charge in [-0.15, -0.1) is 11.6 Å². The van der Waals surface area contributed by atoms with Crippen molar-refractivity contribution in [1.82, 2.24) is 0 Å². The monoisotopic (exact) mass is 324 g/mol. The molecule has 1 saturated carbocycles. The number of unbranched alkanes of at least 4 members (excludes halogenated alkanes) is 1. The lowest BCUT2D eigenvalue weighted by Crippen LogP contribution is -2.20. The fourth-order valence-corrected chi connectivity index (χ4v) is 3.88. The van der Waals surface area contributed by atoms with Gasteiger partial charge >= 0.3 is 0 Å². The Kier molecular flexibility index (Phi) is 7.71. The Morgan fingerprint density at radius 3 is 2.86 bits per heavy atom. The third-order valence-corrected chi connectivity index (χ3v) is 5.34. The Balaban J connectivity index is 1.82. The molecule has 1 aromatic rings. The van der Waals surface area contributed by atoms with Crippen LogP contribution < -0.4 is 0 Å². The van der Waals surface area contributed by atoms with Gasteiger partial charge in [0.2, 0.25) is 0 Å². The molecule has 3 heteroatoms. The number of benzene rings is 1. The summed E-state index contributed by atoms with van der Waals surface area (Å²) in [5, 5.41) is 9.52. The van der Waals surface area contributed by atoms with Crippen LogP contribution in [0.25, 0.3) is 0 Å². The minimum Gasteiger partial charge on any atom is -0.392 e. The molecule has 0 radical (unpaired) electrons. The molecular formula is C19H29ClO2. The molecule has 0 heterocycles. The van der Waals surface area contributed by atoms with Crippen LogP contribution in [0, 0.1) is 11.8 Å². The van der Waals surface area contributed by atoms with Gasteiger partial charge in [0.1, 0.15) is 0 Å². The van der Waals surface area contributed by atoms with Crippen molar-refractivity contribution in [3.05, 3.63) is 35.4 Å². The van der Waals surface area contributed by atoms with Crippen LogP contribution in [0.1, 0.15) is 50.2 Å². The van der Waals surface area contributed by atoms with Crippen molar-refractivity contribution in [2.75, 3.05) is 13.2 Å². The van der Waals surface area contributed by atoms with Crippen LogP contribution in [0.5, 0.6) is 0 Å². The van der Waals surface area contributed by atoms with E-state index in [0.29, 0.717) is 17.2 Å². The van der Waals surface area contributed by atoms with Gasteiger partial charge in [0, 0.05) is 18.6 Å². The highest BCUT2D eigenvalue weighted by molar-refractivity contribution is 6.21. The fraction of sp³-hybridized carbons (Fsp3) is 0.684. The number of hydrogen-bond acceptors (Lipinski definition) is 2. The van der Waals surface area contributed by atoms with Gasteiger partial charge in [-0.05, 0) is 55.1 Å². The van der Waals surface area contributed by atoms with E-state index in [1.54, 1.807) is 0 Å². The predicted octanol–water partition coefficient (Wildman–Crippen LogP) is 4.56. The van der Waals surface area contributed by atoms with Crippen LogP contribution in [-0.4, -0.2) is 23.7 Å². The van der Waals surface area contributed by atoms with Crippen LogP contribution in [0.4, 0.5) is 0 Å². The van der Waals surface area contributed by atoms with E-state index in [1.807, 2.05) is 12.1 Å². The van der Waals surface area contributed by atoms with Crippen molar-refractivity contribution >= 4 is 11.6 Å². The molecule has 124 valence electrons. The van der Waals surface area contributed by atoms with Crippen molar-refractivity contribution < 1.29 is 9.84 Å². The summed E-state index contributed by atoms with van der Waals surface area (Å²) in [5.74, 6) is 1.17. The number of aliphatic hydroxyl groups excluding tert-OH is 1. The van der Waals surface area contributed by atoms with Gasteiger partial charge in [-0.25, -0.2) is 0 Å². The molecule has 1 unspecified atom stereocenters. The Bertz CT molecular complexity index is 435. The van der Waals surface area contributed by atoms with Gasteiger partial charge in [0.15, 0.2) is 0 Å². The number of alkyl halides is 1. The van der Waals surface area contributed by atoms with E-state index in [9.17, 15) is 5.11 Å². The molecule has 0 saturated heterocycles. The van der Waals surface area contributed by atoms with Crippen LogP contribution in [-0.2, 0) is 17.8 Å². The first kappa shape index (κ1) is 17.8. The second-order valence-electron chi connectivity index (χ2n) is 6.46. The number of ether oxygens (including phenoxy) is 1. The molecule has 22 heavy (non-hydrogen) atoms. The maximum absolute atomic E-state index is 9.23. The molecule has 1 N–H and O–H groups in total. The van der Waals surface area contributed by atoms with Crippen molar-refractivity contribution in [2.24, 2.45) is 11.8 Å². The summed E-state index contributed by atoms with van der Waals surface area (Å²) in [6, 6.07) is 8.24. The first-order valence-electron chi connectivity index (χ1n) is 8.65. The van der Waals surface area contributed by atoms with Crippen LogP contribution in [0.15, 0.2) is 24.3 Å². The van der Waals surface area contributed by atoms with Gasteiger partial charge < -0.3 is 9.84 Å². The first-order valence-corrected chi connectivity index (χ1v) is 9.08. The summed E-state index contributed by atoms with van der Waals surface area (Å²) < 4.78 is 5.83. The van der Waals surface area contributed by atoms with Crippen LogP contribution >= 0.6 is 11.6 Å². The Morgan fingerprint density at radius 1 is 1.27 bits per heavy atom. The lowest BCUT2D eigenvalue weighted by molar-refractivity contribution is 0.0825. The van der Waals surface area contributed by atoms with Gasteiger partial charge in [-0.3, -0.25) is 0 Å². The lowest BCUT2D eigenvalue weighted by atomic mass is 9.90. The average molecular weight is 325 g/mol. The molecule has 0 bridgehead atoms. The Hall–Kier alpha value is -0.570. The van der Waals surface area contributed by atoms with Crippen LogP contribution in [0.2, 0.25) is 0 Å². The molecule has 2 nitrogen and oxygen atoms in total. The summed E-state index contributed by atoms with van der Waals surface area (Å²) in [4.78, 5) is 0. The third-order valence-electron chi connectivity index (χ3n) is 4.80. The molecule has 0 aliphatic heterocycles. The van der Waals surface area contributed by atoms with Crippen molar-refractivity contribution in [1.29, 1.82) is 0 Å². The Labute approximate surface area is 139 Å².